The summed E-state index contributed by atoms with van der Waals surface area (Å²) in [6, 6.07) is 31.1. The first-order chi connectivity index (χ1) is 23.1. The van der Waals surface area contributed by atoms with E-state index in [4.69, 9.17) is 0 Å². The van der Waals surface area contributed by atoms with Gasteiger partial charge in [-0.05, 0) is 73.6 Å². The minimum absolute atomic E-state index is 0.0374. The zero-order chi connectivity index (χ0) is 32.6. The average molecular weight is 636 g/mol. The van der Waals surface area contributed by atoms with Gasteiger partial charge in [-0.15, -0.1) is 0 Å². The van der Waals surface area contributed by atoms with Gasteiger partial charge in [0.25, 0.3) is 0 Å². The number of benzene rings is 3. The fraction of sp³-hybridized carbons (Fsp3) is 0.524. The summed E-state index contributed by atoms with van der Waals surface area (Å²) in [5.74, 6) is 1.65. The summed E-state index contributed by atoms with van der Waals surface area (Å²) in [6.07, 6.45) is 15.9. The number of amides is 2. The third-order valence-electron chi connectivity index (χ3n) is 10.6. The maximum absolute atomic E-state index is 13.5. The van der Waals surface area contributed by atoms with Crippen molar-refractivity contribution in [1.82, 2.24) is 15.5 Å². The van der Waals surface area contributed by atoms with Crippen LogP contribution in [-0.2, 0) is 15.0 Å². The number of hydrogen-bond donors (Lipinski definition) is 2. The first-order valence-corrected chi connectivity index (χ1v) is 18.6. The monoisotopic (exact) mass is 635 g/mol. The summed E-state index contributed by atoms with van der Waals surface area (Å²) in [5.41, 5.74) is 2.73. The molecule has 3 aromatic rings. The SMILES string of the molecule is O=C(CCCCCNC(=O)CC(c1ccccc1)(c1ccccc1)c1ccccc1)NCC1CCCN(CC2CCCCCCC2)C1. The van der Waals surface area contributed by atoms with Crippen molar-refractivity contribution in [3.63, 3.8) is 0 Å². The van der Waals surface area contributed by atoms with Gasteiger partial charge in [0.1, 0.15) is 0 Å². The molecule has 1 heterocycles. The second kappa shape index (κ2) is 18.8. The number of carbonyl (C=O) groups excluding carboxylic acids is 2. The second-order valence-electron chi connectivity index (χ2n) is 14.1. The van der Waals surface area contributed by atoms with Crippen molar-refractivity contribution in [2.45, 2.75) is 95.3 Å². The Morgan fingerprint density at radius 1 is 0.617 bits per heavy atom. The Labute approximate surface area is 283 Å². The predicted octanol–water partition coefficient (Wildman–Crippen LogP) is 8.28. The van der Waals surface area contributed by atoms with E-state index in [1.807, 2.05) is 54.6 Å². The number of carbonyl (C=O) groups is 2. The molecule has 1 aliphatic heterocycles. The number of unbranched alkanes of at least 4 members (excludes halogenated alkanes) is 2. The Balaban J connectivity index is 1.03. The van der Waals surface area contributed by atoms with Gasteiger partial charge in [-0.3, -0.25) is 9.59 Å². The van der Waals surface area contributed by atoms with Gasteiger partial charge in [0.2, 0.25) is 11.8 Å². The van der Waals surface area contributed by atoms with Crippen LogP contribution in [0.4, 0.5) is 0 Å². The quantitative estimate of drug-likeness (QED) is 0.131. The summed E-state index contributed by atoms with van der Waals surface area (Å²) in [4.78, 5) is 28.9. The average Bonchev–Trinajstić information content (AvgIpc) is 3.10. The van der Waals surface area contributed by atoms with Crippen molar-refractivity contribution < 1.29 is 9.59 Å². The molecule has 0 radical (unpaired) electrons. The lowest BCUT2D eigenvalue weighted by Crippen LogP contribution is -2.42. The molecule has 2 N–H and O–H groups in total. The van der Waals surface area contributed by atoms with Crippen LogP contribution < -0.4 is 10.6 Å². The molecule has 5 heteroatoms. The minimum atomic E-state index is -0.587. The summed E-state index contributed by atoms with van der Waals surface area (Å²) < 4.78 is 0. The topological polar surface area (TPSA) is 61.4 Å². The molecular formula is C42H57N3O2. The van der Waals surface area contributed by atoms with Gasteiger partial charge >= 0.3 is 0 Å². The Morgan fingerprint density at radius 3 is 1.77 bits per heavy atom. The Bertz CT molecular complexity index is 1230. The summed E-state index contributed by atoms with van der Waals surface area (Å²) >= 11 is 0. The molecule has 2 aliphatic rings. The van der Waals surface area contributed by atoms with Crippen molar-refractivity contribution in [1.29, 1.82) is 0 Å². The van der Waals surface area contributed by atoms with E-state index in [0.717, 1.165) is 55.0 Å². The van der Waals surface area contributed by atoms with E-state index in [9.17, 15) is 9.59 Å². The molecule has 47 heavy (non-hydrogen) atoms. The highest BCUT2D eigenvalue weighted by Crippen LogP contribution is 2.42. The standard InChI is InChI=1S/C42H57N3O2/c46-40(44-32-36-21-18-30-45(34-36)33-35-19-8-2-1-3-9-20-35)28-16-7-17-29-43-41(47)31-42(37-22-10-4-11-23-37,38-24-12-5-13-25-38)39-26-14-6-15-27-39/h4-6,10-15,22-27,35-36H,1-3,7-9,16-21,28-34H2,(H,43,47)(H,44,46). The van der Waals surface area contributed by atoms with E-state index < -0.39 is 5.41 Å². The van der Waals surface area contributed by atoms with Gasteiger partial charge in [-0.1, -0.05) is 130 Å². The van der Waals surface area contributed by atoms with E-state index >= 15 is 0 Å². The van der Waals surface area contributed by atoms with Gasteiger partial charge in [0, 0.05) is 39.0 Å². The van der Waals surface area contributed by atoms with Crippen molar-refractivity contribution >= 4 is 11.8 Å². The zero-order valence-corrected chi connectivity index (χ0v) is 28.5. The van der Waals surface area contributed by atoms with E-state index in [1.54, 1.807) is 0 Å². The van der Waals surface area contributed by atoms with Crippen LogP contribution >= 0.6 is 0 Å². The predicted molar refractivity (Wildman–Crippen MR) is 193 cm³/mol. The molecule has 5 rings (SSSR count). The highest BCUT2D eigenvalue weighted by atomic mass is 16.2. The van der Waals surface area contributed by atoms with Crippen molar-refractivity contribution in [2.75, 3.05) is 32.7 Å². The fourth-order valence-electron chi connectivity index (χ4n) is 8.01. The molecular weight excluding hydrogens is 578 g/mol. The molecule has 5 nitrogen and oxygen atoms in total. The Hall–Kier alpha value is -3.44. The number of nitrogens with one attached hydrogen (secondary N) is 2. The summed E-state index contributed by atoms with van der Waals surface area (Å²) in [7, 11) is 0. The van der Waals surface area contributed by atoms with Crippen LogP contribution in [-0.4, -0.2) is 49.4 Å². The van der Waals surface area contributed by atoms with Crippen LogP contribution in [0.25, 0.3) is 0 Å². The minimum Gasteiger partial charge on any atom is -0.356 e. The molecule has 1 atom stereocenters. The van der Waals surface area contributed by atoms with Crippen LogP contribution in [0.15, 0.2) is 91.0 Å². The van der Waals surface area contributed by atoms with Crippen LogP contribution in [0.2, 0.25) is 0 Å². The molecule has 0 aromatic heterocycles. The second-order valence-corrected chi connectivity index (χ2v) is 14.1. The number of piperidine rings is 1. The molecule has 0 bridgehead atoms. The lowest BCUT2D eigenvalue weighted by atomic mass is 9.67. The van der Waals surface area contributed by atoms with Crippen LogP contribution in [0.1, 0.15) is 107 Å². The highest BCUT2D eigenvalue weighted by molar-refractivity contribution is 5.80. The summed E-state index contributed by atoms with van der Waals surface area (Å²) in [5, 5.41) is 6.44. The molecule has 1 saturated carbocycles. The maximum Gasteiger partial charge on any atom is 0.221 e. The van der Waals surface area contributed by atoms with Crippen molar-refractivity contribution in [2.24, 2.45) is 11.8 Å². The Morgan fingerprint density at radius 2 is 1.17 bits per heavy atom. The number of nitrogens with zero attached hydrogens (tertiary/aromatic N) is 1. The fourth-order valence-corrected chi connectivity index (χ4v) is 8.01. The number of likely N-dealkylation sites (tertiary alicyclic amines) is 1. The van der Waals surface area contributed by atoms with Crippen LogP contribution in [0.5, 0.6) is 0 Å². The number of rotatable bonds is 15. The Kier molecular flexibility index (Phi) is 13.9. The molecule has 0 spiro atoms. The van der Waals surface area contributed by atoms with E-state index in [-0.39, 0.29) is 11.8 Å². The highest BCUT2D eigenvalue weighted by Gasteiger charge is 2.38. The summed E-state index contributed by atoms with van der Waals surface area (Å²) in [6.45, 7) is 5.04. The molecule has 3 aromatic carbocycles. The molecule has 2 fully saturated rings. The lowest BCUT2D eigenvalue weighted by molar-refractivity contribution is -0.122. The molecule has 2 amide bonds. The third-order valence-corrected chi connectivity index (χ3v) is 10.6. The lowest BCUT2D eigenvalue weighted by Gasteiger charge is -2.35. The maximum atomic E-state index is 13.5. The molecule has 1 saturated heterocycles. The van der Waals surface area contributed by atoms with Crippen LogP contribution in [0, 0.1) is 11.8 Å². The van der Waals surface area contributed by atoms with Gasteiger partial charge in [-0.2, -0.15) is 0 Å². The molecule has 1 aliphatic carbocycles. The van der Waals surface area contributed by atoms with E-state index in [0.29, 0.717) is 25.3 Å². The van der Waals surface area contributed by atoms with Crippen molar-refractivity contribution in [3.05, 3.63) is 108 Å². The van der Waals surface area contributed by atoms with E-state index in [1.165, 1.54) is 70.9 Å². The zero-order valence-electron chi connectivity index (χ0n) is 28.5. The molecule has 1 unspecified atom stereocenters. The normalized spacial score (nSPS) is 18.2. The first-order valence-electron chi connectivity index (χ1n) is 18.6. The third kappa shape index (κ3) is 10.5. The van der Waals surface area contributed by atoms with Gasteiger partial charge < -0.3 is 15.5 Å². The molecule has 252 valence electrons. The van der Waals surface area contributed by atoms with Gasteiger partial charge in [0.05, 0.1) is 5.41 Å². The largest absolute Gasteiger partial charge is 0.356 e. The smallest absolute Gasteiger partial charge is 0.221 e. The van der Waals surface area contributed by atoms with E-state index in [2.05, 4.69) is 51.9 Å². The van der Waals surface area contributed by atoms with Gasteiger partial charge in [-0.25, -0.2) is 0 Å². The van der Waals surface area contributed by atoms with Gasteiger partial charge in [0.15, 0.2) is 0 Å². The number of hydrogen-bond acceptors (Lipinski definition) is 3. The first kappa shape index (κ1) is 34.9. The van der Waals surface area contributed by atoms with Crippen molar-refractivity contribution in [3.8, 4) is 0 Å². The van der Waals surface area contributed by atoms with Crippen LogP contribution in [0.3, 0.4) is 0 Å².